The molecule has 1 amide bonds. The fourth-order valence-electron chi connectivity index (χ4n) is 3.60. The van der Waals surface area contributed by atoms with Crippen LogP contribution in [0.2, 0.25) is 0 Å². The summed E-state index contributed by atoms with van der Waals surface area (Å²) in [6, 6.07) is 5.40. The summed E-state index contributed by atoms with van der Waals surface area (Å²) in [6.45, 7) is 7.06. The summed E-state index contributed by atoms with van der Waals surface area (Å²) in [5.74, 6) is -0.142. The molecule has 2 rings (SSSR count). The maximum Gasteiger partial charge on any atom is 0.243 e. The first kappa shape index (κ1) is 24.9. The molecule has 1 fully saturated rings. The molecule has 0 saturated carbocycles. The second kappa shape index (κ2) is 11.1. The van der Waals surface area contributed by atoms with Crippen LogP contribution < -0.4 is 11.1 Å². The number of unbranched alkanes of at least 4 members (excludes halogenated alkanes) is 1. The van der Waals surface area contributed by atoms with E-state index in [4.69, 9.17) is 5.73 Å². The van der Waals surface area contributed by atoms with Crippen LogP contribution in [0.1, 0.15) is 50.2 Å². The molecule has 160 valence electrons. The summed E-state index contributed by atoms with van der Waals surface area (Å²) >= 11 is 0. The third-order valence-electron chi connectivity index (χ3n) is 5.31. The van der Waals surface area contributed by atoms with E-state index in [-0.39, 0.29) is 30.3 Å². The molecule has 28 heavy (non-hydrogen) atoms. The van der Waals surface area contributed by atoms with Crippen LogP contribution in [-0.2, 0) is 14.8 Å². The van der Waals surface area contributed by atoms with Crippen molar-refractivity contribution in [1.82, 2.24) is 9.62 Å². The number of rotatable bonds is 8. The molecule has 1 aliphatic heterocycles. The van der Waals surface area contributed by atoms with E-state index in [1.807, 2.05) is 26.0 Å². The smallest absolute Gasteiger partial charge is 0.243 e. The summed E-state index contributed by atoms with van der Waals surface area (Å²) in [5, 5.41) is 3.04. The fraction of sp³-hybridized carbons (Fsp3) is 0.650. The van der Waals surface area contributed by atoms with Gasteiger partial charge >= 0.3 is 0 Å². The van der Waals surface area contributed by atoms with Crippen molar-refractivity contribution in [3.63, 3.8) is 0 Å². The van der Waals surface area contributed by atoms with E-state index in [9.17, 15) is 13.2 Å². The lowest BCUT2D eigenvalue weighted by molar-refractivity contribution is -0.126. The first-order valence-corrected chi connectivity index (χ1v) is 11.3. The number of hydrogen-bond acceptors (Lipinski definition) is 4. The van der Waals surface area contributed by atoms with Crippen LogP contribution in [-0.4, -0.2) is 44.3 Å². The molecule has 1 saturated heterocycles. The van der Waals surface area contributed by atoms with Crippen LogP contribution in [0.15, 0.2) is 23.1 Å². The van der Waals surface area contributed by atoms with Gasteiger partial charge in [-0.2, -0.15) is 4.31 Å². The van der Waals surface area contributed by atoms with E-state index in [2.05, 4.69) is 12.2 Å². The maximum atomic E-state index is 12.9. The number of amides is 1. The third kappa shape index (κ3) is 6.17. The normalized spacial score (nSPS) is 17.0. The molecule has 6 nitrogen and oxygen atoms in total. The van der Waals surface area contributed by atoms with Crippen molar-refractivity contribution in [1.29, 1.82) is 0 Å². The van der Waals surface area contributed by atoms with E-state index in [1.54, 1.807) is 6.07 Å². The number of sulfonamides is 1. The Morgan fingerprint density at radius 2 is 1.93 bits per heavy atom. The van der Waals surface area contributed by atoms with Crippen LogP contribution in [0.25, 0.3) is 0 Å². The molecule has 8 heteroatoms. The average molecular weight is 432 g/mol. The van der Waals surface area contributed by atoms with Crippen LogP contribution in [0.4, 0.5) is 0 Å². The number of nitrogens with zero attached hydrogens (tertiary/aromatic N) is 1. The lowest BCUT2D eigenvalue weighted by Crippen LogP contribution is -2.47. The second-order valence-electron chi connectivity index (χ2n) is 7.53. The van der Waals surface area contributed by atoms with E-state index >= 15 is 0 Å². The Bertz CT molecular complexity index is 747. The van der Waals surface area contributed by atoms with Crippen molar-refractivity contribution in [3.05, 3.63) is 29.3 Å². The lowest BCUT2D eigenvalue weighted by atomic mass is 9.96. The Balaban J connectivity index is 0.00000392. The van der Waals surface area contributed by atoms with Crippen molar-refractivity contribution < 1.29 is 13.2 Å². The molecule has 1 heterocycles. The molecule has 1 aliphatic rings. The van der Waals surface area contributed by atoms with Crippen LogP contribution in [0, 0.1) is 19.8 Å². The van der Waals surface area contributed by atoms with Crippen molar-refractivity contribution in [2.75, 3.05) is 19.6 Å². The van der Waals surface area contributed by atoms with Gasteiger partial charge in [-0.1, -0.05) is 37.5 Å². The van der Waals surface area contributed by atoms with Gasteiger partial charge in [-0.05, 0) is 44.7 Å². The molecule has 0 aromatic heterocycles. The molecule has 1 aromatic carbocycles. The summed E-state index contributed by atoms with van der Waals surface area (Å²) in [7, 11) is -3.52. The van der Waals surface area contributed by atoms with E-state index < -0.39 is 10.0 Å². The van der Waals surface area contributed by atoms with Gasteiger partial charge in [0.2, 0.25) is 15.9 Å². The zero-order chi connectivity index (χ0) is 20.0. The average Bonchev–Trinajstić information content (AvgIpc) is 2.64. The highest BCUT2D eigenvalue weighted by molar-refractivity contribution is 7.89. The fourth-order valence-corrected chi connectivity index (χ4v) is 5.28. The number of benzene rings is 1. The zero-order valence-electron chi connectivity index (χ0n) is 17.1. The number of nitrogens with one attached hydrogen (secondary N) is 1. The SMILES string of the molecule is CCCCC(CN)NC(=O)C1CCN(S(=O)(=O)c2ccc(C)cc2C)CC1.Cl. The Morgan fingerprint density at radius 3 is 2.46 bits per heavy atom. The van der Waals surface area contributed by atoms with Crippen molar-refractivity contribution in [3.8, 4) is 0 Å². The summed E-state index contributed by atoms with van der Waals surface area (Å²) in [6.07, 6.45) is 4.08. The minimum absolute atomic E-state index is 0. The van der Waals surface area contributed by atoms with Gasteiger partial charge in [-0.3, -0.25) is 4.79 Å². The number of nitrogens with two attached hydrogens (primary N) is 1. The molecule has 0 bridgehead atoms. The predicted octanol–water partition coefficient (Wildman–Crippen LogP) is 2.76. The molecule has 0 aliphatic carbocycles. The van der Waals surface area contributed by atoms with Gasteiger partial charge in [0.25, 0.3) is 0 Å². The number of hydrogen-bond donors (Lipinski definition) is 2. The van der Waals surface area contributed by atoms with E-state index in [0.29, 0.717) is 37.4 Å². The second-order valence-corrected chi connectivity index (χ2v) is 9.44. The standard InChI is InChI=1S/C20H33N3O3S.ClH/c1-4-5-6-18(14-21)22-20(24)17-9-11-23(12-10-17)27(25,26)19-8-7-15(2)13-16(19)3;/h7-8,13,17-18H,4-6,9-12,14,21H2,1-3H3,(H,22,24);1H. The summed E-state index contributed by atoms with van der Waals surface area (Å²) < 4.78 is 27.4. The van der Waals surface area contributed by atoms with Gasteiger partial charge < -0.3 is 11.1 Å². The topological polar surface area (TPSA) is 92.5 Å². The van der Waals surface area contributed by atoms with Gasteiger partial charge in [0, 0.05) is 31.6 Å². The highest BCUT2D eigenvalue weighted by atomic mass is 35.5. The molecule has 0 spiro atoms. The largest absolute Gasteiger partial charge is 0.352 e. The molecule has 0 radical (unpaired) electrons. The van der Waals surface area contributed by atoms with Crippen molar-refractivity contribution in [2.24, 2.45) is 11.7 Å². The first-order valence-electron chi connectivity index (χ1n) is 9.87. The highest BCUT2D eigenvalue weighted by Gasteiger charge is 2.33. The number of aryl methyl sites for hydroxylation is 2. The predicted molar refractivity (Wildman–Crippen MR) is 115 cm³/mol. The molecular formula is C20H34ClN3O3S. The number of carbonyl (C=O) groups is 1. The minimum Gasteiger partial charge on any atom is -0.352 e. The van der Waals surface area contributed by atoms with Crippen molar-refractivity contribution >= 4 is 28.3 Å². The van der Waals surface area contributed by atoms with Crippen LogP contribution >= 0.6 is 12.4 Å². The Morgan fingerprint density at radius 1 is 1.29 bits per heavy atom. The number of carbonyl (C=O) groups excluding carboxylic acids is 1. The third-order valence-corrected chi connectivity index (χ3v) is 7.37. The van der Waals surface area contributed by atoms with Gasteiger partial charge in [0.15, 0.2) is 0 Å². The van der Waals surface area contributed by atoms with Crippen LogP contribution in [0.3, 0.4) is 0 Å². The van der Waals surface area contributed by atoms with Gasteiger partial charge in [-0.25, -0.2) is 8.42 Å². The van der Waals surface area contributed by atoms with E-state index in [0.717, 1.165) is 30.4 Å². The van der Waals surface area contributed by atoms with Gasteiger partial charge in [0.1, 0.15) is 0 Å². The zero-order valence-corrected chi connectivity index (χ0v) is 18.7. The molecule has 1 aromatic rings. The molecule has 1 unspecified atom stereocenters. The summed E-state index contributed by atoms with van der Waals surface area (Å²) in [4.78, 5) is 12.9. The van der Waals surface area contributed by atoms with Crippen LogP contribution in [0.5, 0.6) is 0 Å². The number of piperidine rings is 1. The summed E-state index contributed by atoms with van der Waals surface area (Å²) in [5.41, 5.74) is 7.56. The van der Waals surface area contributed by atoms with E-state index in [1.165, 1.54) is 4.31 Å². The Kier molecular flexibility index (Phi) is 9.90. The quantitative estimate of drug-likeness (QED) is 0.661. The Hall–Kier alpha value is -1.15. The number of halogens is 1. The minimum atomic E-state index is -3.52. The lowest BCUT2D eigenvalue weighted by Gasteiger charge is -2.31. The molecule has 3 N–H and O–H groups in total. The van der Waals surface area contributed by atoms with Gasteiger partial charge in [0.05, 0.1) is 4.90 Å². The monoisotopic (exact) mass is 431 g/mol. The Labute approximate surface area is 175 Å². The molecule has 1 atom stereocenters. The molecular weight excluding hydrogens is 398 g/mol. The maximum absolute atomic E-state index is 12.9. The highest BCUT2D eigenvalue weighted by Crippen LogP contribution is 2.26. The van der Waals surface area contributed by atoms with Crippen molar-refractivity contribution in [2.45, 2.75) is 63.8 Å². The first-order chi connectivity index (χ1) is 12.8. The van der Waals surface area contributed by atoms with Gasteiger partial charge in [-0.15, -0.1) is 12.4 Å².